The normalized spacial score (nSPS) is 18.5. The molecule has 3 heterocycles. The van der Waals surface area contributed by atoms with Crippen molar-refractivity contribution in [2.75, 3.05) is 0 Å². The molecule has 1 aliphatic rings. The molecule has 1 fully saturated rings. The Bertz CT molecular complexity index is 1190. The summed E-state index contributed by atoms with van der Waals surface area (Å²) in [5.74, 6) is -2.87. The molecule has 3 aromatic heterocycles. The van der Waals surface area contributed by atoms with Gasteiger partial charge >= 0.3 is 5.97 Å². The van der Waals surface area contributed by atoms with Gasteiger partial charge in [0.2, 0.25) is 11.8 Å². The summed E-state index contributed by atoms with van der Waals surface area (Å²) in [7, 11) is 1.73. The smallest absolute Gasteiger partial charge is 0.306 e. The van der Waals surface area contributed by atoms with Crippen molar-refractivity contribution in [2.45, 2.75) is 70.8 Å². The van der Waals surface area contributed by atoms with Crippen LogP contribution in [0, 0.1) is 12.8 Å². The monoisotopic (exact) mass is 490 g/mol. The van der Waals surface area contributed by atoms with E-state index < -0.39 is 11.9 Å². The zero-order valence-electron chi connectivity index (χ0n) is 19.9. The number of hydrogen-bond acceptors (Lipinski definition) is 8. The van der Waals surface area contributed by atoms with Gasteiger partial charge in [0, 0.05) is 19.9 Å². The fraction of sp³-hybridized carbons (Fsp3) is 0.565. The molecule has 12 heteroatoms. The molecule has 3 aromatic rings. The summed E-state index contributed by atoms with van der Waals surface area (Å²) in [6, 6.07) is 3.58. The van der Waals surface area contributed by atoms with Crippen molar-refractivity contribution in [3.05, 3.63) is 35.2 Å². The van der Waals surface area contributed by atoms with Crippen LogP contribution in [0.3, 0.4) is 0 Å². The van der Waals surface area contributed by atoms with Crippen LogP contribution in [-0.4, -0.2) is 53.2 Å². The third-order valence-corrected chi connectivity index (χ3v) is 6.11. The highest BCUT2D eigenvalue weighted by Crippen LogP contribution is 2.31. The molecule has 0 amide bonds. The number of alkyl halides is 2. The highest BCUT2D eigenvalue weighted by molar-refractivity contribution is 5.70. The number of carboxylic acid groups (broad SMARTS) is 1. The average molecular weight is 491 g/mol. The van der Waals surface area contributed by atoms with Crippen LogP contribution in [0.1, 0.15) is 62.1 Å². The maximum Gasteiger partial charge on any atom is 0.306 e. The fourth-order valence-corrected chi connectivity index (χ4v) is 4.17. The van der Waals surface area contributed by atoms with Gasteiger partial charge in [-0.05, 0) is 51.7 Å². The Morgan fingerprint density at radius 3 is 2.83 bits per heavy atom. The lowest BCUT2D eigenvalue weighted by Crippen LogP contribution is -2.29. The molecular formula is C23H28F2N6O4. The molecule has 0 aliphatic heterocycles. The van der Waals surface area contributed by atoms with Gasteiger partial charge in [0.1, 0.15) is 11.4 Å². The van der Waals surface area contributed by atoms with Crippen LogP contribution in [0.25, 0.3) is 11.4 Å². The van der Waals surface area contributed by atoms with Gasteiger partial charge in [0.15, 0.2) is 5.82 Å². The maximum absolute atomic E-state index is 13.1. The van der Waals surface area contributed by atoms with E-state index in [4.69, 9.17) is 9.26 Å². The van der Waals surface area contributed by atoms with Gasteiger partial charge in [-0.2, -0.15) is 4.98 Å². The first-order valence-corrected chi connectivity index (χ1v) is 11.5. The Morgan fingerprint density at radius 1 is 1.31 bits per heavy atom. The van der Waals surface area contributed by atoms with Crippen molar-refractivity contribution < 1.29 is 27.9 Å². The van der Waals surface area contributed by atoms with Gasteiger partial charge in [-0.25, -0.2) is 13.8 Å². The molecule has 0 bridgehead atoms. The molecule has 1 N–H and O–H groups in total. The summed E-state index contributed by atoms with van der Waals surface area (Å²) in [5.41, 5.74) is 2.46. The van der Waals surface area contributed by atoms with E-state index in [-0.39, 0.29) is 37.2 Å². The number of hydrogen-bond donors (Lipinski definition) is 1. The van der Waals surface area contributed by atoms with Gasteiger partial charge in [-0.3, -0.25) is 9.48 Å². The lowest BCUT2D eigenvalue weighted by atomic mass is 9.87. The molecule has 188 valence electrons. The number of aliphatic carboxylic acids is 1. The van der Waals surface area contributed by atoms with Crippen molar-refractivity contribution in [3.8, 4) is 17.1 Å². The number of carbonyl (C=O) groups is 1. The van der Waals surface area contributed by atoms with E-state index in [1.165, 1.54) is 0 Å². The molecule has 0 aromatic carbocycles. The Morgan fingerprint density at radius 2 is 2.11 bits per heavy atom. The van der Waals surface area contributed by atoms with Gasteiger partial charge < -0.3 is 14.4 Å². The summed E-state index contributed by atoms with van der Waals surface area (Å²) in [4.78, 5) is 20.2. The fourth-order valence-electron chi connectivity index (χ4n) is 4.17. The lowest BCUT2D eigenvalue weighted by Gasteiger charge is -2.27. The highest BCUT2D eigenvalue weighted by atomic mass is 19.3. The Kier molecular flexibility index (Phi) is 7.08. The van der Waals surface area contributed by atoms with Crippen LogP contribution in [0.15, 0.2) is 16.7 Å². The SMILES string of the molecule is Cc1nc(-c2nnn(C)c2Cc2noc(CCC(C)(F)F)n2)ccc1OC1CCC[C@H](C(=O)O)C1. The maximum atomic E-state index is 13.1. The van der Waals surface area contributed by atoms with Crippen LogP contribution < -0.4 is 4.74 Å². The largest absolute Gasteiger partial charge is 0.489 e. The summed E-state index contributed by atoms with van der Waals surface area (Å²) in [6.45, 7) is 2.67. The molecular weight excluding hydrogens is 462 g/mol. The quantitative estimate of drug-likeness (QED) is 0.476. The minimum atomic E-state index is -2.80. The summed E-state index contributed by atoms with van der Waals surface area (Å²) < 4.78 is 39.0. The molecule has 0 saturated heterocycles. The third-order valence-electron chi connectivity index (χ3n) is 6.11. The highest BCUT2D eigenvalue weighted by Gasteiger charge is 2.29. The van der Waals surface area contributed by atoms with E-state index in [0.29, 0.717) is 47.2 Å². The van der Waals surface area contributed by atoms with Gasteiger partial charge in [0.25, 0.3) is 0 Å². The molecule has 0 radical (unpaired) electrons. The Hall–Kier alpha value is -3.44. The molecule has 1 saturated carbocycles. The van der Waals surface area contributed by atoms with Crippen molar-refractivity contribution in [2.24, 2.45) is 13.0 Å². The van der Waals surface area contributed by atoms with Gasteiger partial charge in [-0.1, -0.05) is 10.4 Å². The Balaban J connectivity index is 1.47. The zero-order valence-corrected chi connectivity index (χ0v) is 19.9. The molecule has 1 aliphatic carbocycles. The van der Waals surface area contributed by atoms with Crippen LogP contribution >= 0.6 is 0 Å². The number of rotatable bonds is 9. The number of aromatic nitrogens is 6. The van der Waals surface area contributed by atoms with E-state index in [9.17, 15) is 18.7 Å². The molecule has 0 spiro atoms. The van der Waals surface area contributed by atoms with Crippen LogP contribution in [-0.2, 0) is 24.7 Å². The minimum absolute atomic E-state index is 0.0105. The first-order chi connectivity index (χ1) is 16.6. The lowest BCUT2D eigenvalue weighted by molar-refractivity contribution is -0.143. The van der Waals surface area contributed by atoms with Crippen LogP contribution in [0.5, 0.6) is 5.75 Å². The van der Waals surface area contributed by atoms with Crippen LogP contribution in [0.4, 0.5) is 8.78 Å². The molecule has 10 nitrogen and oxygen atoms in total. The predicted molar refractivity (Wildman–Crippen MR) is 119 cm³/mol. The number of nitrogens with zero attached hydrogens (tertiary/aromatic N) is 6. The summed E-state index contributed by atoms with van der Waals surface area (Å²) in [6.07, 6.45) is 2.47. The first kappa shape index (κ1) is 24.7. The van der Waals surface area contributed by atoms with Gasteiger partial charge in [-0.15, -0.1) is 5.10 Å². The van der Waals surface area contributed by atoms with Gasteiger partial charge in [0.05, 0.1) is 35.5 Å². The number of ether oxygens (including phenoxy) is 1. The molecule has 4 rings (SSSR count). The topological polar surface area (TPSA) is 129 Å². The first-order valence-electron chi connectivity index (χ1n) is 11.5. The zero-order chi connectivity index (χ0) is 25.2. The minimum Gasteiger partial charge on any atom is -0.489 e. The van der Waals surface area contributed by atoms with Crippen molar-refractivity contribution in [3.63, 3.8) is 0 Å². The van der Waals surface area contributed by atoms with E-state index in [2.05, 4.69) is 25.4 Å². The van der Waals surface area contributed by atoms with Crippen molar-refractivity contribution in [1.29, 1.82) is 0 Å². The van der Waals surface area contributed by atoms with E-state index in [1.54, 1.807) is 23.9 Å². The second-order valence-electron chi connectivity index (χ2n) is 9.08. The number of pyridine rings is 1. The molecule has 2 atom stereocenters. The number of halogens is 2. The third kappa shape index (κ3) is 6.17. The predicted octanol–water partition coefficient (Wildman–Crippen LogP) is 3.77. The molecule has 35 heavy (non-hydrogen) atoms. The number of aryl methyl sites for hydroxylation is 3. The van der Waals surface area contributed by atoms with Crippen LogP contribution in [0.2, 0.25) is 0 Å². The number of carboxylic acids is 1. The summed E-state index contributed by atoms with van der Waals surface area (Å²) in [5, 5.41) is 21.5. The van der Waals surface area contributed by atoms with E-state index in [1.807, 2.05) is 6.92 Å². The van der Waals surface area contributed by atoms with Crippen molar-refractivity contribution in [1.82, 2.24) is 30.1 Å². The second-order valence-corrected chi connectivity index (χ2v) is 9.08. The molecule has 1 unspecified atom stereocenters. The Labute approximate surface area is 200 Å². The standard InChI is InChI=1S/C23H28F2N6O4/c1-13-18(34-15-6-4-5-14(11-15)22(32)33)8-7-16(26-13)21-17(31(3)30-28-21)12-19-27-20(35-29-19)9-10-23(2,24)25/h7-8,14-15H,4-6,9-12H2,1-3H3,(H,32,33)/t14-,15?/m0/s1. The average Bonchev–Trinajstić information content (AvgIpc) is 3.40. The van der Waals surface area contributed by atoms with E-state index >= 15 is 0 Å². The summed E-state index contributed by atoms with van der Waals surface area (Å²) >= 11 is 0. The van der Waals surface area contributed by atoms with E-state index in [0.717, 1.165) is 19.8 Å². The van der Waals surface area contributed by atoms with Crippen molar-refractivity contribution >= 4 is 5.97 Å². The second kappa shape index (κ2) is 10.0.